The number of nitrogens with one attached hydrogen (secondary N) is 1. The minimum absolute atomic E-state index is 0.219. The maximum atomic E-state index is 13.8. The molecule has 3 aromatic rings. The van der Waals surface area contributed by atoms with Gasteiger partial charge in [0.05, 0.1) is 28.7 Å². The Balaban J connectivity index is 1.78. The maximum absolute atomic E-state index is 13.8. The molecular formula is C19H14F4N4O. The number of amides is 1. The molecule has 9 heteroatoms. The van der Waals surface area contributed by atoms with E-state index in [0.717, 1.165) is 0 Å². The molecule has 0 atom stereocenters. The molecule has 0 unspecified atom stereocenters. The molecule has 28 heavy (non-hydrogen) atoms. The van der Waals surface area contributed by atoms with Gasteiger partial charge in [0, 0.05) is 34.0 Å². The molecule has 0 fully saturated rings. The summed E-state index contributed by atoms with van der Waals surface area (Å²) in [5.41, 5.74) is -0.620. The standard InChI is InChI=1S/C19H14F4N4O/c20-13-6-11(5-12(8-13)19(21,22)23)7-14-9-15(1-3-24-14)27-17-2-4-25-18(28)16(17)10-26-27/h1,3,5-6,8-10H,2,4,7H2,(H,25,28)/i7D2. The van der Waals surface area contributed by atoms with Crippen LogP contribution in [0.5, 0.6) is 0 Å². The van der Waals surface area contributed by atoms with Crippen molar-refractivity contribution in [3.8, 4) is 5.69 Å². The first kappa shape index (κ1) is 15.8. The summed E-state index contributed by atoms with van der Waals surface area (Å²) in [6.45, 7) is 0.416. The van der Waals surface area contributed by atoms with Crippen molar-refractivity contribution in [2.24, 2.45) is 0 Å². The summed E-state index contributed by atoms with van der Waals surface area (Å²) >= 11 is 0. The van der Waals surface area contributed by atoms with E-state index in [9.17, 15) is 22.4 Å². The van der Waals surface area contributed by atoms with E-state index in [1.807, 2.05) is 0 Å². The predicted octanol–water partition coefficient (Wildman–Crippen LogP) is 3.30. The summed E-state index contributed by atoms with van der Waals surface area (Å²) in [6.07, 6.45) is -4.16. The molecule has 5 nitrogen and oxygen atoms in total. The molecule has 0 saturated heterocycles. The second kappa shape index (κ2) is 6.74. The molecule has 0 aliphatic carbocycles. The van der Waals surface area contributed by atoms with Crippen molar-refractivity contribution < 1.29 is 25.1 Å². The largest absolute Gasteiger partial charge is 0.416 e. The van der Waals surface area contributed by atoms with Gasteiger partial charge >= 0.3 is 6.18 Å². The van der Waals surface area contributed by atoms with Crippen LogP contribution in [0.15, 0.2) is 42.7 Å². The minimum Gasteiger partial charge on any atom is -0.352 e. The lowest BCUT2D eigenvalue weighted by molar-refractivity contribution is -0.137. The fourth-order valence-electron chi connectivity index (χ4n) is 3.01. The third-order valence-electron chi connectivity index (χ3n) is 4.25. The number of carbonyl (C=O) groups excluding carboxylic acids is 1. The Kier molecular flexibility index (Phi) is 3.80. The monoisotopic (exact) mass is 392 g/mol. The molecule has 0 radical (unpaired) electrons. The Morgan fingerprint density at radius 2 is 2.07 bits per heavy atom. The van der Waals surface area contributed by atoms with Gasteiger partial charge in [-0.25, -0.2) is 9.07 Å². The van der Waals surface area contributed by atoms with Gasteiger partial charge < -0.3 is 5.32 Å². The van der Waals surface area contributed by atoms with E-state index in [1.165, 1.54) is 29.2 Å². The van der Waals surface area contributed by atoms with Gasteiger partial charge in [-0.2, -0.15) is 18.3 Å². The van der Waals surface area contributed by atoms with Gasteiger partial charge in [-0.05, 0) is 35.9 Å². The average Bonchev–Trinajstić information content (AvgIpc) is 3.12. The number of fused-ring (bicyclic) bond motifs is 1. The Morgan fingerprint density at radius 3 is 2.86 bits per heavy atom. The quantitative estimate of drug-likeness (QED) is 0.696. The van der Waals surface area contributed by atoms with Crippen LogP contribution in [-0.2, 0) is 19.0 Å². The molecule has 1 aliphatic rings. The SMILES string of the molecule is [2H]C([2H])(c1cc(F)cc(C(F)(F)F)c1)c1cc(-n2ncc3c2CCNC3=O)ccn1. The normalized spacial score (nSPS) is 15.5. The molecule has 3 heterocycles. The minimum atomic E-state index is -4.82. The average molecular weight is 392 g/mol. The highest BCUT2D eigenvalue weighted by atomic mass is 19.4. The van der Waals surface area contributed by atoms with Crippen molar-refractivity contribution in [1.29, 1.82) is 0 Å². The number of alkyl halides is 3. The zero-order chi connectivity index (χ0) is 21.7. The van der Waals surface area contributed by atoms with E-state index >= 15 is 0 Å². The van der Waals surface area contributed by atoms with Gasteiger partial charge in [0.15, 0.2) is 0 Å². The fraction of sp³-hybridized carbons (Fsp3) is 0.211. The molecule has 0 bridgehead atoms. The highest BCUT2D eigenvalue weighted by Crippen LogP contribution is 2.31. The van der Waals surface area contributed by atoms with Gasteiger partial charge in [0.1, 0.15) is 5.82 Å². The number of hydrogen-bond acceptors (Lipinski definition) is 3. The fourth-order valence-corrected chi connectivity index (χ4v) is 3.01. The van der Waals surface area contributed by atoms with Crippen molar-refractivity contribution >= 4 is 5.91 Å². The maximum Gasteiger partial charge on any atom is 0.416 e. The number of pyridine rings is 1. The Morgan fingerprint density at radius 1 is 1.25 bits per heavy atom. The van der Waals surface area contributed by atoms with Crippen LogP contribution in [0.25, 0.3) is 5.69 Å². The third kappa shape index (κ3) is 3.47. The van der Waals surface area contributed by atoms with E-state index < -0.39 is 29.5 Å². The van der Waals surface area contributed by atoms with Crippen LogP contribution in [0, 0.1) is 5.82 Å². The number of halogens is 4. The van der Waals surface area contributed by atoms with Crippen LogP contribution in [0.1, 0.15) is 35.6 Å². The van der Waals surface area contributed by atoms with Crippen molar-refractivity contribution in [2.75, 3.05) is 6.54 Å². The molecule has 144 valence electrons. The van der Waals surface area contributed by atoms with Gasteiger partial charge in [0.2, 0.25) is 0 Å². The van der Waals surface area contributed by atoms with Crippen LogP contribution in [-0.4, -0.2) is 27.2 Å². The molecule has 1 N–H and O–H groups in total. The van der Waals surface area contributed by atoms with Gasteiger partial charge in [-0.3, -0.25) is 9.78 Å². The van der Waals surface area contributed by atoms with Crippen LogP contribution in [0.4, 0.5) is 17.6 Å². The highest BCUT2D eigenvalue weighted by molar-refractivity contribution is 5.96. The number of aromatic nitrogens is 3. The first-order valence-electron chi connectivity index (χ1n) is 9.27. The van der Waals surface area contributed by atoms with Gasteiger partial charge in [-0.15, -0.1) is 0 Å². The van der Waals surface area contributed by atoms with E-state index in [-0.39, 0.29) is 11.6 Å². The van der Waals surface area contributed by atoms with Crippen LogP contribution >= 0.6 is 0 Å². The van der Waals surface area contributed by atoms with Crippen molar-refractivity contribution in [3.05, 3.63) is 76.6 Å². The Hall–Kier alpha value is -3.23. The summed E-state index contributed by atoms with van der Waals surface area (Å²) in [7, 11) is 0. The van der Waals surface area contributed by atoms with Crippen LogP contribution in [0.2, 0.25) is 0 Å². The predicted molar refractivity (Wildman–Crippen MR) is 91.6 cm³/mol. The number of benzene rings is 1. The molecule has 1 aliphatic heterocycles. The second-order valence-corrected chi connectivity index (χ2v) is 6.17. The first-order chi connectivity index (χ1) is 14.1. The van der Waals surface area contributed by atoms with E-state index in [1.54, 1.807) is 0 Å². The number of hydrogen-bond donors (Lipinski definition) is 1. The Labute approximate surface area is 159 Å². The molecule has 2 aromatic heterocycles. The van der Waals surface area contributed by atoms with Gasteiger partial charge in [0.25, 0.3) is 5.91 Å². The summed E-state index contributed by atoms with van der Waals surface area (Å²) < 4.78 is 71.0. The lowest BCUT2D eigenvalue weighted by Crippen LogP contribution is -2.32. The smallest absolute Gasteiger partial charge is 0.352 e. The summed E-state index contributed by atoms with van der Waals surface area (Å²) in [5, 5.41) is 6.86. The highest BCUT2D eigenvalue weighted by Gasteiger charge is 2.31. The van der Waals surface area contributed by atoms with E-state index in [4.69, 9.17) is 2.74 Å². The summed E-state index contributed by atoms with van der Waals surface area (Å²) in [4.78, 5) is 15.9. The van der Waals surface area contributed by atoms with Crippen LogP contribution in [0.3, 0.4) is 0 Å². The Bertz CT molecular complexity index is 1140. The molecule has 1 aromatic carbocycles. The van der Waals surface area contributed by atoms with Crippen molar-refractivity contribution in [2.45, 2.75) is 19.0 Å². The first-order valence-corrected chi connectivity index (χ1v) is 8.27. The topological polar surface area (TPSA) is 59.8 Å². The lowest BCUT2D eigenvalue weighted by Gasteiger charge is -2.15. The second-order valence-electron chi connectivity index (χ2n) is 6.17. The zero-order valence-corrected chi connectivity index (χ0v) is 14.2. The van der Waals surface area contributed by atoms with E-state index in [0.29, 0.717) is 48.1 Å². The number of rotatable bonds is 3. The number of nitrogens with zero attached hydrogens (tertiary/aromatic N) is 3. The third-order valence-corrected chi connectivity index (χ3v) is 4.25. The molecule has 0 spiro atoms. The van der Waals surface area contributed by atoms with Crippen molar-refractivity contribution in [1.82, 2.24) is 20.1 Å². The zero-order valence-electron chi connectivity index (χ0n) is 16.2. The number of carbonyl (C=O) groups is 1. The van der Waals surface area contributed by atoms with E-state index in [2.05, 4.69) is 15.4 Å². The van der Waals surface area contributed by atoms with Crippen molar-refractivity contribution in [3.63, 3.8) is 0 Å². The van der Waals surface area contributed by atoms with Crippen LogP contribution < -0.4 is 5.32 Å². The molecular weight excluding hydrogens is 376 g/mol. The van der Waals surface area contributed by atoms with Gasteiger partial charge in [-0.1, -0.05) is 0 Å². The summed E-state index contributed by atoms with van der Waals surface area (Å²) in [6, 6.07) is 4.44. The molecule has 1 amide bonds. The molecule has 0 saturated carbocycles. The lowest BCUT2D eigenvalue weighted by atomic mass is 10.0. The summed E-state index contributed by atoms with van der Waals surface area (Å²) in [5.74, 6) is -1.47. The molecule has 4 rings (SSSR count).